The summed E-state index contributed by atoms with van der Waals surface area (Å²) in [6.45, 7) is 2.52. The molecule has 1 aliphatic heterocycles. The third-order valence-corrected chi connectivity index (χ3v) is 4.16. The van der Waals surface area contributed by atoms with Crippen molar-refractivity contribution in [2.45, 2.75) is 18.7 Å². The summed E-state index contributed by atoms with van der Waals surface area (Å²) in [6.07, 6.45) is 0.808. The van der Waals surface area contributed by atoms with Crippen LogP contribution in [0.2, 0.25) is 5.02 Å². The van der Waals surface area contributed by atoms with Gasteiger partial charge < -0.3 is 4.74 Å². The predicted octanol–water partition coefficient (Wildman–Crippen LogP) is 5.05. The number of hydrogen-bond donors (Lipinski definition) is 0. The molecule has 0 saturated carbocycles. The summed E-state index contributed by atoms with van der Waals surface area (Å²) in [5, 5.41) is -0.0107. The van der Waals surface area contributed by atoms with Crippen molar-refractivity contribution in [3.63, 3.8) is 0 Å². The second kappa shape index (κ2) is 5.27. The normalized spacial score (nSPS) is 14.8. The molecule has 3 rings (SSSR count). The van der Waals surface area contributed by atoms with Gasteiger partial charge in [0.25, 0.3) is 0 Å². The van der Waals surface area contributed by atoms with Crippen molar-refractivity contribution in [2.75, 3.05) is 6.61 Å². The zero-order chi connectivity index (χ0) is 14.3. The third kappa shape index (κ3) is 2.38. The van der Waals surface area contributed by atoms with Crippen LogP contribution in [-0.2, 0) is 6.42 Å². The SMILES string of the molecule is Cc1ccc(F)c(C(Cl)c2cc(Cl)cc3c2OCC3)c1. The maximum Gasteiger partial charge on any atom is 0.128 e. The number of fused-ring (bicyclic) bond motifs is 1. The molecule has 20 heavy (non-hydrogen) atoms. The van der Waals surface area contributed by atoms with Crippen LogP contribution >= 0.6 is 23.2 Å². The quantitative estimate of drug-likeness (QED) is 0.705. The van der Waals surface area contributed by atoms with Crippen molar-refractivity contribution >= 4 is 23.2 Å². The molecule has 0 radical (unpaired) electrons. The molecule has 0 aliphatic carbocycles. The molecule has 104 valence electrons. The van der Waals surface area contributed by atoms with Crippen molar-refractivity contribution < 1.29 is 9.13 Å². The Morgan fingerprint density at radius 3 is 2.80 bits per heavy atom. The number of benzene rings is 2. The fourth-order valence-corrected chi connectivity index (χ4v) is 3.09. The first-order chi connectivity index (χ1) is 9.56. The lowest BCUT2D eigenvalue weighted by atomic mass is 9.99. The zero-order valence-corrected chi connectivity index (χ0v) is 12.4. The molecule has 4 heteroatoms. The molecule has 0 amide bonds. The Kier molecular flexibility index (Phi) is 3.61. The van der Waals surface area contributed by atoms with Crippen molar-refractivity contribution in [3.8, 4) is 5.75 Å². The minimum Gasteiger partial charge on any atom is -0.493 e. The summed E-state index contributed by atoms with van der Waals surface area (Å²) in [6, 6.07) is 8.55. The predicted molar refractivity (Wildman–Crippen MR) is 79.5 cm³/mol. The van der Waals surface area contributed by atoms with E-state index in [1.165, 1.54) is 6.07 Å². The van der Waals surface area contributed by atoms with Crippen LogP contribution in [0.5, 0.6) is 5.75 Å². The number of aryl methyl sites for hydroxylation is 1. The molecule has 1 unspecified atom stereocenters. The summed E-state index contributed by atoms with van der Waals surface area (Å²) >= 11 is 12.6. The van der Waals surface area contributed by atoms with E-state index in [2.05, 4.69) is 0 Å². The lowest BCUT2D eigenvalue weighted by Gasteiger charge is -2.16. The van der Waals surface area contributed by atoms with E-state index < -0.39 is 5.38 Å². The average molecular weight is 311 g/mol. The van der Waals surface area contributed by atoms with Gasteiger partial charge in [0, 0.05) is 22.6 Å². The van der Waals surface area contributed by atoms with E-state index in [0.717, 1.165) is 28.9 Å². The highest BCUT2D eigenvalue weighted by Crippen LogP contribution is 2.42. The van der Waals surface area contributed by atoms with Gasteiger partial charge in [0.05, 0.1) is 12.0 Å². The van der Waals surface area contributed by atoms with Gasteiger partial charge >= 0.3 is 0 Å². The first-order valence-corrected chi connectivity index (χ1v) is 7.23. The van der Waals surface area contributed by atoms with Crippen molar-refractivity contribution in [2.24, 2.45) is 0 Å². The summed E-state index contributed by atoms with van der Waals surface area (Å²) in [4.78, 5) is 0. The van der Waals surface area contributed by atoms with Crippen LogP contribution in [0, 0.1) is 12.7 Å². The Labute approximate surface area is 127 Å². The van der Waals surface area contributed by atoms with Crippen LogP contribution in [0.15, 0.2) is 30.3 Å². The molecule has 1 aliphatic rings. The molecule has 0 saturated heterocycles. The van der Waals surface area contributed by atoms with Gasteiger partial charge in [0.2, 0.25) is 0 Å². The summed E-state index contributed by atoms with van der Waals surface area (Å²) in [7, 11) is 0. The highest BCUT2D eigenvalue weighted by molar-refractivity contribution is 6.31. The fourth-order valence-electron chi connectivity index (χ4n) is 2.51. The third-order valence-electron chi connectivity index (χ3n) is 3.47. The summed E-state index contributed by atoms with van der Waals surface area (Å²) < 4.78 is 19.6. The molecule has 0 aromatic heterocycles. The van der Waals surface area contributed by atoms with Gasteiger partial charge in [0.1, 0.15) is 11.6 Å². The van der Waals surface area contributed by atoms with Crippen molar-refractivity contribution in [3.05, 3.63) is 63.4 Å². The van der Waals surface area contributed by atoms with Crippen LogP contribution in [0.3, 0.4) is 0 Å². The van der Waals surface area contributed by atoms with Gasteiger partial charge in [0.15, 0.2) is 0 Å². The second-order valence-corrected chi connectivity index (χ2v) is 5.84. The van der Waals surface area contributed by atoms with E-state index in [9.17, 15) is 4.39 Å². The van der Waals surface area contributed by atoms with Gasteiger partial charge in [-0.05, 0) is 30.7 Å². The lowest BCUT2D eigenvalue weighted by Crippen LogP contribution is -2.00. The van der Waals surface area contributed by atoms with E-state index in [1.807, 2.05) is 13.0 Å². The van der Waals surface area contributed by atoms with Gasteiger partial charge in [-0.25, -0.2) is 4.39 Å². The van der Waals surface area contributed by atoms with Crippen molar-refractivity contribution in [1.29, 1.82) is 0 Å². The molecule has 1 heterocycles. The van der Waals surface area contributed by atoms with Crippen LogP contribution in [0.25, 0.3) is 0 Å². The molecule has 0 N–H and O–H groups in total. The Morgan fingerprint density at radius 2 is 2.00 bits per heavy atom. The van der Waals surface area contributed by atoms with E-state index in [0.29, 0.717) is 17.2 Å². The first kappa shape index (κ1) is 13.7. The monoisotopic (exact) mass is 310 g/mol. The highest BCUT2D eigenvalue weighted by Gasteiger charge is 2.25. The summed E-state index contributed by atoms with van der Waals surface area (Å²) in [5.74, 6) is 0.428. The van der Waals surface area contributed by atoms with Gasteiger partial charge in [-0.15, -0.1) is 11.6 Å². The Morgan fingerprint density at radius 1 is 1.20 bits per heavy atom. The van der Waals surface area contributed by atoms with Crippen LogP contribution in [0.4, 0.5) is 4.39 Å². The number of rotatable bonds is 2. The average Bonchev–Trinajstić information content (AvgIpc) is 2.87. The largest absolute Gasteiger partial charge is 0.493 e. The molecular weight excluding hydrogens is 298 g/mol. The molecule has 2 aromatic carbocycles. The Bertz CT molecular complexity index is 670. The first-order valence-electron chi connectivity index (χ1n) is 6.41. The molecule has 2 aromatic rings. The standard InChI is InChI=1S/C16H13Cl2FO/c1-9-2-3-14(19)12(6-9)15(18)13-8-11(17)7-10-4-5-20-16(10)13/h2-3,6-8,15H,4-5H2,1H3. The second-order valence-electron chi connectivity index (χ2n) is 4.97. The highest BCUT2D eigenvalue weighted by atomic mass is 35.5. The Hall–Kier alpha value is -1.25. The van der Waals surface area contributed by atoms with E-state index >= 15 is 0 Å². The molecule has 1 nitrogen and oxygen atoms in total. The minimum atomic E-state index is -0.611. The van der Waals surface area contributed by atoms with Crippen molar-refractivity contribution in [1.82, 2.24) is 0 Å². The number of hydrogen-bond acceptors (Lipinski definition) is 1. The Balaban J connectivity index is 2.11. The lowest BCUT2D eigenvalue weighted by molar-refractivity contribution is 0.353. The minimum absolute atomic E-state index is 0.317. The zero-order valence-electron chi connectivity index (χ0n) is 10.9. The summed E-state index contributed by atoms with van der Waals surface area (Å²) in [5.41, 5.74) is 3.18. The maximum atomic E-state index is 14.0. The molecule has 0 fully saturated rings. The van der Waals surface area contributed by atoms with Gasteiger partial charge in [-0.3, -0.25) is 0 Å². The maximum absolute atomic E-state index is 14.0. The van der Waals surface area contributed by atoms with E-state index in [-0.39, 0.29) is 5.82 Å². The number of halogens is 3. The van der Waals surface area contributed by atoms with Gasteiger partial charge in [-0.2, -0.15) is 0 Å². The molecule has 1 atom stereocenters. The van der Waals surface area contributed by atoms with Crippen LogP contribution in [0.1, 0.15) is 27.6 Å². The molecular formula is C16H13Cl2FO. The van der Waals surface area contributed by atoms with E-state index in [4.69, 9.17) is 27.9 Å². The van der Waals surface area contributed by atoms with Crippen LogP contribution < -0.4 is 4.74 Å². The number of alkyl halides is 1. The van der Waals surface area contributed by atoms with Gasteiger partial charge in [-0.1, -0.05) is 29.3 Å². The topological polar surface area (TPSA) is 9.23 Å². The van der Waals surface area contributed by atoms with Crippen LogP contribution in [-0.4, -0.2) is 6.61 Å². The number of ether oxygens (including phenoxy) is 1. The fraction of sp³-hybridized carbons (Fsp3) is 0.250. The molecule has 0 spiro atoms. The molecule has 0 bridgehead atoms. The smallest absolute Gasteiger partial charge is 0.128 e. The van der Waals surface area contributed by atoms with E-state index in [1.54, 1.807) is 18.2 Å².